The molecular formula is C18H21N3O2. The van der Waals surface area contributed by atoms with Gasteiger partial charge in [-0.1, -0.05) is 45.9 Å². The van der Waals surface area contributed by atoms with E-state index < -0.39 is 6.04 Å². The topological polar surface area (TPSA) is 64.0 Å². The van der Waals surface area contributed by atoms with Crippen molar-refractivity contribution in [3.8, 4) is 0 Å². The van der Waals surface area contributed by atoms with Crippen molar-refractivity contribution < 1.29 is 4.79 Å². The molecule has 5 nitrogen and oxygen atoms in total. The van der Waals surface area contributed by atoms with Crippen LogP contribution in [0.15, 0.2) is 35.1 Å². The lowest BCUT2D eigenvalue weighted by atomic mass is 9.99. The predicted octanol–water partition coefficient (Wildman–Crippen LogP) is 2.72. The van der Waals surface area contributed by atoms with Crippen LogP contribution in [0.3, 0.4) is 0 Å². The minimum atomic E-state index is -0.543. The summed E-state index contributed by atoms with van der Waals surface area (Å²) in [4.78, 5) is 30.2. The first-order valence-corrected chi connectivity index (χ1v) is 7.94. The molecule has 120 valence electrons. The third-order valence-electron chi connectivity index (χ3n) is 3.98. The molecule has 1 N–H and O–H groups in total. The van der Waals surface area contributed by atoms with Crippen molar-refractivity contribution in [2.75, 3.05) is 0 Å². The fourth-order valence-corrected chi connectivity index (χ4v) is 3.02. The van der Waals surface area contributed by atoms with Gasteiger partial charge >= 0.3 is 0 Å². The van der Waals surface area contributed by atoms with E-state index in [0.29, 0.717) is 22.4 Å². The van der Waals surface area contributed by atoms with E-state index in [-0.39, 0.29) is 23.3 Å². The van der Waals surface area contributed by atoms with Gasteiger partial charge in [0.1, 0.15) is 6.04 Å². The average Bonchev–Trinajstić information content (AvgIpc) is 2.47. The van der Waals surface area contributed by atoms with E-state index in [0.717, 1.165) is 0 Å². The van der Waals surface area contributed by atoms with Crippen molar-refractivity contribution in [3.63, 3.8) is 0 Å². The normalized spacial score (nSPS) is 19.5. The maximum absolute atomic E-state index is 13.0. The van der Waals surface area contributed by atoms with E-state index in [4.69, 9.17) is 0 Å². The summed E-state index contributed by atoms with van der Waals surface area (Å²) in [6, 6.07) is 6.72. The Kier molecular flexibility index (Phi) is 3.80. The Morgan fingerprint density at radius 1 is 1.17 bits per heavy atom. The first-order valence-electron chi connectivity index (χ1n) is 7.94. The lowest BCUT2D eigenvalue weighted by Gasteiger charge is -2.31. The number of carbonyl (C=O) groups excluding carboxylic acids is 1. The van der Waals surface area contributed by atoms with Crippen LogP contribution in [0.1, 0.15) is 39.6 Å². The number of allylic oxidation sites excluding steroid dienone is 1. The molecule has 0 aliphatic carbocycles. The minimum Gasteiger partial charge on any atom is -0.321 e. The molecule has 2 aromatic rings. The molecule has 1 aromatic carbocycles. The van der Waals surface area contributed by atoms with Crippen LogP contribution in [0.4, 0.5) is 0 Å². The van der Waals surface area contributed by atoms with Crippen molar-refractivity contribution in [2.45, 2.75) is 33.7 Å². The van der Waals surface area contributed by atoms with Crippen LogP contribution in [0.5, 0.6) is 0 Å². The molecule has 0 spiro atoms. The number of fused-ring (bicyclic) bond motifs is 2. The van der Waals surface area contributed by atoms with Gasteiger partial charge in [0, 0.05) is 0 Å². The summed E-state index contributed by atoms with van der Waals surface area (Å²) in [5.74, 6) is 0.618. The Hall–Kier alpha value is -2.43. The zero-order chi connectivity index (χ0) is 16.7. The van der Waals surface area contributed by atoms with Gasteiger partial charge in [-0.15, -0.1) is 0 Å². The van der Waals surface area contributed by atoms with Gasteiger partial charge in [0.2, 0.25) is 5.91 Å². The van der Waals surface area contributed by atoms with E-state index in [2.05, 4.69) is 10.3 Å². The van der Waals surface area contributed by atoms with Crippen LogP contribution in [0.2, 0.25) is 0 Å². The number of carbonyl (C=O) groups is 1. The van der Waals surface area contributed by atoms with Crippen LogP contribution in [0.25, 0.3) is 16.6 Å². The highest BCUT2D eigenvalue weighted by atomic mass is 16.2. The second kappa shape index (κ2) is 5.65. The number of hydrogen-bond acceptors (Lipinski definition) is 3. The third kappa shape index (κ3) is 2.56. The molecule has 1 amide bonds. The minimum absolute atomic E-state index is 0.00462. The standard InChI is InChI=1S/C18H21N3O2/c1-10(2)9-14-16-19-13-8-6-5-7-12(13)18(23)21(16)15(11(3)4)17(22)20-14/h5-11,15H,1-4H3,(H,20,22)/b14-9-/t15-/m1/s1. The molecule has 0 fully saturated rings. The van der Waals surface area contributed by atoms with Crippen molar-refractivity contribution in [1.82, 2.24) is 14.9 Å². The molecular weight excluding hydrogens is 290 g/mol. The SMILES string of the molecule is CC(C)/C=C1\NC(=O)[C@@H](C(C)C)n2c1nc1ccccc1c2=O. The number of benzene rings is 1. The highest BCUT2D eigenvalue weighted by molar-refractivity contribution is 5.93. The van der Waals surface area contributed by atoms with E-state index >= 15 is 0 Å². The fraction of sp³-hybridized carbons (Fsp3) is 0.389. The van der Waals surface area contributed by atoms with Gasteiger partial charge in [-0.2, -0.15) is 0 Å². The van der Waals surface area contributed by atoms with Crippen LogP contribution < -0.4 is 10.9 Å². The predicted molar refractivity (Wildman–Crippen MR) is 90.8 cm³/mol. The number of nitrogens with one attached hydrogen (secondary N) is 1. The van der Waals surface area contributed by atoms with E-state index in [1.807, 2.05) is 52.0 Å². The van der Waals surface area contributed by atoms with Gasteiger partial charge in [-0.25, -0.2) is 4.98 Å². The number of rotatable bonds is 2. The molecule has 1 aliphatic rings. The third-order valence-corrected chi connectivity index (χ3v) is 3.98. The molecule has 1 aromatic heterocycles. The summed E-state index contributed by atoms with van der Waals surface area (Å²) >= 11 is 0. The summed E-state index contributed by atoms with van der Waals surface area (Å²) in [5.41, 5.74) is 1.11. The van der Waals surface area contributed by atoms with E-state index in [1.54, 1.807) is 10.6 Å². The summed E-state index contributed by atoms with van der Waals surface area (Å²) < 4.78 is 1.56. The van der Waals surface area contributed by atoms with Crippen molar-refractivity contribution >= 4 is 22.5 Å². The second-order valence-electron chi connectivity index (χ2n) is 6.63. The van der Waals surface area contributed by atoms with Crippen LogP contribution in [-0.4, -0.2) is 15.5 Å². The quantitative estimate of drug-likeness (QED) is 0.927. The molecule has 0 saturated carbocycles. The van der Waals surface area contributed by atoms with Gasteiger partial charge in [0.25, 0.3) is 5.56 Å². The van der Waals surface area contributed by atoms with Crippen molar-refractivity contribution in [2.24, 2.45) is 11.8 Å². The Labute approximate surface area is 135 Å². The van der Waals surface area contributed by atoms with Crippen LogP contribution in [-0.2, 0) is 4.79 Å². The zero-order valence-electron chi connectivity index (χ0n) is 13.8. The lowest BCUT2D eigenvalue weighted by Crippen LogP contribution is -2.46. The summed E-state index contributed by atoms with van der Waals surface area (Å²) in [6.07, 6.45) is 1.93. The number of para-hydroxylation sites is 1. The first-order chi connectivity index (χ1) is 10.9. The molecule has 1 aliphatic heterocycles. The van der Waals surface area contributed by atoms with Gasteiger partial charge in [0.05, 0.1) is 16.6 Å². The van der Waals surface area contributed by atoms with Crippen molar-refractivity contribution in [1.29, 1.82) is 0 Å². The average molecular weight is 311 g/mol. The first kappa shape index (κ1) is 15.5. The molecule has 0 radical (unpaired) electrons. The van der Waals surface area contributed by atoms with E-state index in [1.165, 1.54) is 0 Å². The van der Waals surface area contributed by atoms with Gasteiger partial charge in [0.15, 0.2) is 5.82 Å². The molecule has 0 unspecified atom stereocenters. The van der Waals surface area contributed by atoms with Gasteiger partial charge in [-0.3, -0.25) is 14.2 Å². The second-order valence-corrected chi connectivity index (χ2v) is 6.63. The molecule has 0 bridgehead atoms. The molecule has 2 heterocycles. The van der Waals surface area contributed by atoms with E-state index in [9.17, 15) is 9.59 Å². The highest BCUT2D eigenvalue weighted by Crippen LogP contribution is 2.27. The molecule has 5 heteroatoms. The van der Waals surface area contributed by atoms with Crippen LogP contribution in [0, 0.1) is 11.8 Å². The summed E-state index contributed by atoms with van der Waals surface area (Å²) in [7, 11) is 0. The Morgan fingerprint density at radius 2 is 1.87 bits per heavy atom. The fourth-order valence-electron chi connectivity index (χ4n) is 3.02. The molecule has 0 saturated heterocycles. The smallest absolute Gasteiger partial charge is 0.262 e. The summed E-state index contributed by atoms with van der Waals surface area (Å²) in [5, 5.41) is 3.47. The molecule has 3 rings (SSSR count). The van der Waals surface area contributed by atoms with Crippen LogP contribution >= 0.6 is 0 Å². The Morgan fingerprint density at radius 3 is 2.52 bits per heavy atom. The zero-order valence-corrected chi connectivity index (χ0v) is 13.8. The summed E-state index contributed by atoms with van der Waals surface area (Å²) in [6.45, 7) is 7.92. The number of hydrogen-bond donors (Lipinski definition) is 1. The maximum Gasteiger partial charge on any atom is 0.262 e. The molecule has 1 atom stereocenters. The monoisotopic (exact) mass is 311 g/mol. The number of nitrogens with zero attached hydrogens (tertiary/aromatic N) is 2. The Balaban J connectivity index is 2.39. The Bertz CT molecular complexity index is 862. The number of aromatic nitrogens is 2. The largest absolute Gasteiger partial charge is 0.321 e. The van der Waals surface area contributed by atoms with Gasteiger partial charge in [-0.05, 0) is 24.0 Å². The molecule has 23 heavy (non-hydrogen) atoms. The van der Waals surface area contributed by atoms with Gasteiger partial charge < -0.3 is 5.32 Å². The number of amides is 1. The lowest BCUT2D eigenvalue weighted by molar-refractivity contribution is -0.125. The maximum atomic E-state index is 13.0. The van der Waals surface area contributed by atoms with Crippen molar-refractivity contribution in [3.05, 3.63) is 46.5 Å². The highest BCUT2D eigenvalue weighted by Gasteiger charge is 2.34.